The van der Waals surface area contributed by atoms with Crippen LogP contribution in [0.15, 0.2) is 300 Å². The molecule has 0 N–H and O–H groups in total. The van der Waals surface area contributed by atoms with Crippen molar-refractivity contribution < 1.29 is 8.83 Å². The van der Waals surface area contributed by atoms with Gasteiger partial charge >= 0.3 is 0 Å². The van der Waals surface area contributed by atoms with Crippen LogP contribution in [0.2, 0.25) is 0 Å². The van der Waals surface area contributed by atoms with Gasteiger partial charge in [0.15, 0.2) is 11.6 Å². The topological polar surface area (TPSA) is 68.2 Å². The Kier molecular flexibility index (Phi) is 11.7. The molecule has 0 amide bonds. The van der Waals surface area contributed by atoms with Crippen molar-refractivity contribution in [3.05, 3.63) is 358 Å². The van der Waals surface area contributed by atoms with E-state index in [-0.39, 0.29) is 5.41 Å². The van der Waals surface area contributed by atoms with Gasteiger partial charge in [0.1, 0.15) is 22.3 Å². The van der Waals surface area contributed by atoms with Gasteiger partial charge in [0.2, 0.25) is 5.95 Å². The molecule has 480 valence electrons. The number of hydrogen-bond donors (Lipinski definition) is 0. The predicted molar refractivity (Wildman–Crippen MR) is 414 cm³/mol. The minimum atomic E-state index is -0.640. The summed E-state index contributed by atoms with van der Waals surface area (Å²) in [5, 5.41) is 4.58. The fraction of sp³-hybridized carbons (Fsp3) is 0.0938. The third kappa shape index (κ3) is 7.70. The molecule has 0 saturated heterocycles. The third-order valence-electron chi connectivity index (χ3n) is 23.6. The summed E-state index contributed by atoms with van der Waals surface area (Å²) in [5.74, 6) is 1.69. The highest BCUT2D eigenvalue weighted by Crippen LogP contribution is 2.67. The van der Waals surface area contributed by atoms with Crippen molar-refractivity contribution in [2.75, 3.05) is 4.90 Å². The van der Waals surface area contributed by atoms with Crippen LogP contribution >= 0.6 is 0 Å². The van der Waals surface area contributed by atoms with E-state index in [0.717, 1.165) is 61.0 Å². The summed E-state index contributed by atoms with van der Waals surface area (Å²) in [5.41, 5.74) is 36.0. The molecule has 3 aromatic heterocycles. The molecule has 3 heterocycles. The van der Waals surface area contributed by atoms with Crippen molar-refractivity contribution in [1.82, 2.24) is 15.0 Å². The third-order valence-corrected chi connectivity index (χ3v) is 23.6. The molecular formula is C96H64N4O2. The molecule has 5 aliphatic carbocycles. The average molecular weight is 1310 g/mol. The molecule has 1 spiro atoms. The number of nitrogens with zero attached hydrogens (tertiary/aromatic N) is 4. The maximum absolute atomic E-state index is 7.15. The highest BCUT2D eigenvalue weighted by Gasteiger charge is 2.54. The lowest BCUT2D eigenvalue weighted by molar-refractivity contribution is 0.600. The van der Waals surface area contributed by atoms with Crippen molar-refractivity contribution in [3.63, 3.8) is 0 Å². The molecule has 22 rings (SSSR count). The summed E-state index contributed by atoms with van der Waals surface area (Å²) in [6.07, 6.45) is 1.34. The Balaban J connectivity index is 0.821. The molecule has 5 aliphatic rings. The Hall–Kier alpha value is -12.5. The molecule has 0 saturated carbocycles. The van der Waals surface area contributed by atoms with Crippen LogP contribution in [-0.4, -0.2) is 15.0 Å². The Morgan fingerprint density at radius 3 is 1.45 bits per heavy atom. The largest absolute Gasteiger partial charge is 0.456 e. The lowest BCUT2D eigenvalue weighted by Crippen LogP contribution is -2.26. The first-order valence-corrected chi connectivity index (χ1v) is 35.6. The second-order valence-corrected chi connectivity index (χ2v) is 29.5. The second kappa shape index (κ2) is 20.8. The number of para-hydroxylation sites is 2. The zero-order chi connectivity index (χ0) is 67.5. The average Bonchev–Trinajstić information content (AvgIpc) is 1.51. The lowest BCUT2D eigenvalue weighted by atomic mass is 9.69. The molecule has 0 atom stereocenters. The minimum absolute atomic E-state index is 0.320. The van der Waals surface area contributed by atoms with Crippen LogP contribution in [0.25, 0.3) is 133 Å². The quantitative estimate of drug-likeness (QED) is 0.171. The summed E-state index contributed by atoms with van der Waals surface area (Å²) in [4.78, 5) is 18.9. The summed E-state index contributed by atoms with van der Waals surface area (Å²) >= 11 is 0. The maximum Gasteiger partial charge on any atom is 0.238 e. The van der Waals surface area contributed by atoms with Crippen molar-refractivity contribution >= 4 is 61.2 Å². The normalized spacial score (nSPS) is 14.6. The van der Waals surface area contributed by atoms with Crippen LogP contribution < -0.4 is 4.90 Å². The molecule has 6 heteroatoms. The Morgan fingerprint density at radius 1 is 0.304 bits per heavy atom. The molecule has 6 nitrogen and oxygen atoms in total. The van der Waals surface area contributed by atoms with E-state index in [2.05, 4.69) is 312 Å². The summed E-state index contributed by atoms with van der Waals surface area (Å²) in [6, 6.07) is 108. The fourth-order valence-electron chi connectivity index (χ4n) is 19.3. The van der Waals surface area contributed by atoms with E-state index < -0.39 is 10.8 Å². The standard InChI is InChI=1S/C96H64N4O2/c1-94(2)74-38-20-17-35-68(74)87-89(94)88-85(86-71-37-19-24-42-81(71)102-90(86)87)69-46-44-62(53-78(69)95(88,3)4)100(93-98-91(55-25-7-5-8-26-55)97-92(99-93)56-27-9-6-10-28-56)61-43-45-65-59(51-61)49-57-29-11-13-31-63(57)64-32-14-12-30-58(64)50-60-52-73-79(54-72(60)65)96(75-39-21-15-33-66(75)67-34-16-22-40-76(67)96)77-47-48-82-84(83(73)77)70-36-18-23-41-80(70)101-82/h5-48,51-54H,49-50H2,1-4H3. The summed E-state index contributed by atoms with van der Waals surface area (Å²) in [6.45, 7) is 9.69. The Labute approximate surface area is 590 Å². The van der Waals surface area contributed by atoms with Crippen LogP contribution in [-0.2, 0) is 29.1 Å². The van der Waals surface area contributed by atoms with Gasteiger partial charge in [0.25, 0.3) is 0 Å². The van der Waals surface area contributed by atoms with Gasteiger partial charge in [-0.05, 0) is 195 Å². The van der Waals surface area contributed by atoms with Gasteiger partial charge in [-0.25, -0.2) is 4.98 Å². The number of aromatic nitrogens is 3. The van der Waals surface area contributed by atoms with Crippen LogP contribution in [0, 0.1) is 0 Å². The number of furan rings is 2. The highest BCUT2D eigenvalue weighted by molar-refractivity contribution is 6.21. The molecular weight excluding hydrogens is 1240 g/mol. The van der Waals surface area contributed by atoms with E-state index >= 15 is 0 Å². The van der Waals surface area contributed by atoms with E-state index in [1.807, 2.05) is 12.1 Å². The van der Waals surface area contributed by atoms with Crippen LogP contribution in [0.1, 0.15) is 94.5 Å². The van der Waals surface area contributed by atoms with Gasteiger partial charge < -0.3 is 8.83 Å². The van der Waals surface area contributed by atoms with Gasteiger partial charge in [0, 0.05) is 60.4 Å². The summed E-state index contributed by atoms with van der Waals surface area (Å²) < 4.78 is 14.0. The SMILES string of the molecule is CC1(C)c2ccccc2-c2c1c1c(c3c2oc2ccccc23)-c2ccc(N(c3ccc4c(c3)Cc3ccccc3-c3ccccc3Cc3cc5c(cc3-4)C3(c4ccccc4-c4ccccc43)c3ccc4oc6ccccc6c4c3-5)c3nc(-c4ccccc4)nc(-c4ccccc4)n3)cc2C1(C)C. The van der Waals surface area contributed by atoms with Crippen molar-refractivity contribution in [2.45, 2.75) is 56.8 Å². The van der Waals surface area contributed by atoms with E-state index in [4.69, 9.17) is 23.8 Å². The van der Waals surface area contributed by atoms with Crippen LogP contribution in [0.5, 0.6) is 0 Å². The summed E-state index contributed by atoms with van der Waals surface area (Å²) in [7, 11) is 0. The molecule has 0 aliphatic heterocycles. The first-order chi connectivity index (χ1) is 50.1. The van der Waals surface area contributed by atoms with E-state index in [9.17, 15) is 0 Å². The van der Waals surface area contributed by atoms with Crippen LogP contribution in [0.4, 0.5) is 17.3 Å². The molecule has 17 aromatic rings. The number of hydrogen-bond acceptors (Lipinski definition) is 6. The second-order valence-electron chi connectivity index (χ2n) is 29.5. The first-order valence-electron chi connectivity index (χ1n) is 35.6. The number of anilines is 3. The van der Waals surface area contributed by atoms with Crippen LogP contribution in [0.3, 0.4) is 0 Å². The maximum atomic E-state index is 7.15. The molecule has 0 radical (unpaired) electrons. The first kappa shape index (κ1) is 57.4. The molecule has 0 bridgehead atoms. The van der Waals surface area contributed by atoms with Crippen molar-refractivity contribution in [3.8, 4) is 89.5 Å². The van der Waals surface area contributed by atoms with Gasteiger partial charge in [-0.1, -0.05) is 264 Å². The number of rotatable bonds is 5. The minimum Gasteiger partial charge on any atom is -0.456 e. The monoisotopic (exact) mass is 1300 g/mol. The molecule has 14 aromatic carbocycles. The fourth-order valence-corrected chi connectivity index (χ4v) is 19.3. The van der Waals surface area contributed by atoms with Gasteiger partial charge in [-0.15, -0.1) is 0 Å². The van der Waals surface area contributed by atoms with Crippen molar-refractivity contribution in [2.24, 2.45) is 0 Å². The van der Waals surface area contributed by atoms with E-state index in [1.165, 1.54) is 139 Å². The smallest absolute Gasteiger partial charge is 0.238 e. The van der Waals surface area contributed by atoms with E-state index in [1.54, 1.807) is 0 Å². The number of fused-ring (bicyclic) bond motifs is 32. The zero-order valence-electron chi connectivity index (χ0n) is 56.7. The lowest BCUT2D eigenvalue weighted by Gasteiger charge is -2.32. The highest BCUT2D eigenvalue weighted by atomic mass is 16.3. The predicted octanol–water partition coefficient (Wildman–Crippen LogP) is 24.3. The van der Waals surface area contributed by atoms with Crippen molar-refractivity contribution in [1.29, 1.82) is 0 Å². The Bertz CT molecular complexity index is 6420. The molecule has 0 fully saturated rings. The Morgan fingerprint density at radius 2 is 0.794 bits per heavy atom. The van der Waals surface area contributed by atoms with Gasteiger partial charge in [0.05, 0.1) is 5.41 Å². The zero-order valence-corrected chi connectivity index (χ0v) is 56.7. The molecule has 102 heavy (non-hydrogen) atoms. The van der Waals surface area contributed by atoms with Gasteiger partial charge in [-0.3, -0.25) is 4.90 Å². The van der Waals surface area contributed by atoms with E-state index in [0.29, 0.717) is 30.4 Å². The van der Waals surface area contributed by atoms with Gasteiger partial charge in [-0.2, -0.15) is 9.97 Å². The molecule has 0 unspecified atom stereocenters. The number of benzene rings is 14.